The number of benzene rings is 1. The van der Waals surface area contributed by atoms with Crippen molar-refractivity contribution < 1.29 is 4.79 Å². The first-order chi connectivity index (χ1) is 11.5. The van der Waals surface area contributed by atoms with Gasteiger partial charge in [0.05, 0.1) is 6.54 Å². The number of aryl methyl sites for hydroxylation is 3. The van der Waals surface area contributed by atoms with E-state index in [0.29, 0.717) is 12.6 Å². The number of nitrogens with zero attached hydrogens (tertiary/aromatic N) is 1. The van der Waals surface area contributed by atoms with Gasteiger partial charge in [0, 0.05) is 23.2 Å². The van der Waals surface area contributed by atoms with Crippen LogP contribution in [0.25, 0.3) is 0 Å². The lowest BCUT2D eigenvalue weighted by molar-refractivity contribution is -0.118. The van der Waals surface area contributed by atoms with Crippen LogP contribution in [-0.4, -0.2) is 23.9 Å². The molecule has 2 aromatic rings. The molecule has 0 bridgehead atoms. The van der Waals surface area contributed by atoms with E-state index in [2.05, 4.69) is 61.5 Å². The van der Waals surface area contributed by atoms with Crippen LogP contribution in [0.2, 0.25) is 0 Å². The molecule has 1 amide bonds. The number of anilines is 1. The van der Waals surface area contributed by atoms with Crippen LogP contribution in [0, 0.1) is 20.8 Å². The Morgan fingerprint density at radius 3 is 2.67 bits per heavy atom. The molecule has 3 nitrogen and oxygen atoms in total. The average molecular weight is 343 g/mol. The van der Waals surface area contributed by atoms with E-state index in [4.69, 9.17) is 0 Å². The maximum absolute atomic E-state index is 12.6. The van der Waals surface area contributed by atoms with Gasteiger partial charge in [0.25, 0.3) is 0 Å². The Morgan fingerprint density at radius 1 is 1.29 bits per heavy atom. The van der Waals surface area contributed by atoms with Gasteiger partial charge >= 0.3 is 0 Å². The van der Waals surface area contributed by atoms with Crippen LogP contribution in [0.1, 0.15) is 46.5 Å². The summed E-state index contributed by atoms with van der Waals surface area (Å²) in [5, 5.41) is 5.31. The van der Waals surface area contributed by atoms with Crippen molar-refractivity contribution in [1.29, 1.82) is 0 Å². The summed E-state index contributed by atoms with van der Waals surface area (Å²) >= 11 is 1.85. The molecule has 24 heavy (non-hydrogen) atoms. The minimum Gasteiger partial charge on any atom is -0.324 e. The maximum atomic E-state index is 12.6. The number of fused-ring (bicyclic) bond motifs is 1. The summed E-state index contributed by atoms with van der Waals surface area (Å²) in [5.74, 6) is 0.0854. The zero-order chi connectivity index (χ0) is 17.3. The Kier molecular flexibility index (Phi) is 5.07. The van der Waals surface area contributed by atoms with Crippen molar-refractivity contribution in [2.24, 2.45) is 0 Å². The Morgan fingerprint density at radius 2 is 2.00 bits per heavy atom. The van der Waals surface area contributed by atoms with Gasteiger partial charge in [0.1, 0.15) is 0 Å². The molecule has 0 saturated heterocycles. The summed E-state index contributed by atoms with van der Waals surface area (Å²) < 4.78 is 0. The van der Waals surface area contributed by atoms with Crippen LogP contribution in [0.15, 0.2) is 23.6 Å². The first-order valence-corrected chi connectivity index (χ1v) is 9.55. The highest BCUT2D eigenvalue weighted by atomic mass is 32.1. The van der Waals surface area contributed by atoms with E-state index in [9.17, 15) is 4.79 Å². The Balaban J connectivity index is 1.72. The van der Waals surface area contributed by atoms with E-state index < -0.39 is 0 Å². The normalized spacial score (nSPS) is 17.6. The van der Waals surface area contributed by atoms with E-state index in [-0.39, 0.29) is 5.91 Å². The predicted octanol–water partition coefficient (Wildman–Crippen LogP) is 4.62. The number of hydrogen-bond acceptors (Lipinski definition) is 3. The third-order valence-electron chi connectivity index (χ3n) is 4.88. The first kappa shape index (κ1) is 17.2. The van der Waals surface area contributed by atoms with Crippen LogP contribution in [0.3, 0.4) is 0 Å². The van der Waals surface area contributed by atoms with Gasteiger partial charge < -0.3 is 5.32 Å². The van der Waals surface area contributed by atoms with Crippen LogP contribution < -0.4 is 5.32 Å². The zero-order valence-electron chi connectivity index (χ0n) is 15.0. The summed E-state index contributed by atoms with van der Waals surface area (Å²) in [4.78, 5) is 16.4. The molecule has 1 atom stereocenters. The van der Waals surface area contributed by atoms with Gasteiger partial charge in [-0.3, -0.25) is 9.69 Å². The first-order valence-electron chi connectivity index (χ1n) is 8.67. The molecule has 0 radical (unpaired) electrons. The van der Waals surface area contributed by atoms with Crippen molar-refractivity contribution in [3.05, 3.63) is 50.7 Å². The number of carbonyl (C=O) groups excluding carboxylic acids is 1. The lowest BCUT2D eigenvalue weighted by atomic mass is 9.98. The molecule has 1 aliphatic heterocycles. The summed E-state index contributed by atoms with van der Waals surface area (Å²) in [6, 6.07) is 6.84. The second-order valence-corrected chi connectivity index (χ2v) is 7.77. The molecular formula is C20H26N2OS. The van der Waals surface area contributed by atoms with E-state index in [0.717, 1.165) is 36.2 Å². The third kappa shape index (κ3) is 3.40. The molecule has 4 heteroatoms. The van der Waals surface area contributed by atoms with Gasteiger partial charge in [0.2, 0.25) is 5.91 Å². The van der Waals surface area contributed by atoms with Crippen molar-refractivity contribution in [2.45, 2.75) is 46.6 Å². The van der Waals surface area contributed by atoms with Gasteiger partial charge in [-0.15, -0.1) is 11.3 Å². The fourth-order valence-corrected chi connectivity index (χ4v) is 4.78. The summed E-state index contributed by atoms with van der Waals surface area (Å²) in [5.41, 5.74) is 5.88. The monoisotopic (exact) mass is 342 g/mol. The van der Waals surface area contributed by atoms with Crippen LogP contribution in [-0.2, 0) is 11.2 Å². The molecule has 1 aromatic carbocycles. The van der Waals surface area contributed by atoms with Crippen molar-refractivity contribution in [3.63, 3.8) is 0 Å². The van der Waals surface area contributed by atoms with Gasteiger partial charge in [-0.1, -0.05) is 24.6 Å². The largest absolute Gasteiger partial charge is 0.324 e. The molecule has 2 heterocycles. The standard InChI is InChI=1S/C20H26N2OS/c1-5-17-16-7-9-24-18(16)6-8-22(17)12-19(23)21-20-14(3)10-13(2)11-15(20)4/h7,9-11,17H,5-6,8,12H2,1-4H3,(H,21,23). The average Bonchev–Trinajstić information content (AvgIpc) is 2.99. The highest BCUT2D eigenvalue weighted by molar-refractivity contribution is 7.10. The predicted molar refractivity (Wildman–Crippen MR) is 102 cm³/mol. The van der Waals surface area contributed by atoms with Crippen molar-refractivity contribution in [2.75, 3.05) is 18.4 Å². The smallest absolute Gasteiger partial charge is 0.238 e. The lowest BCUT2D eigenvalue weighted by Crippen LogP contribution is -2.40. The molecule has 0 spiro atoms. The second kappa shape index (κ2) is 7.08. The maximum Gasteiger partial charge on any atom is 0.238 e. The molecule has 128 valence electrons. The van der Waals surface area contributed by atoms with Gasteiger partial charge in [-0.2, -0.15) is 0 Å². The number of nitrogens with one attached hydrogen (secondary N) is 1. The molecule has 0 fully saturated rings. The zero-order valence-corrected chi connectivity index (χ0v) is 15.8. The number of carbonyl (C=O) groups is 1. The third-order valence-corrected chi connectivity index (χ3v) is 5.88. The molecular weight excluding hydrogens is 316 g/mol. The van der Waals surface area contributed by atoms with Crippen molar-refractivity contribution in [3.8, 4) is 0 Å². The van der Waals surface area contributed by atoms with Crippen LogP contribution >= 0.6 is 11.3 Å². The fourth-order valence-electron chi connectivity index (χ4n) is 3.86. The highest BCUT2D eigenvalue weighted by Gasteiger charge is 2.28. The molecule has 1 N–H and O–H groups in total. The summed E-state index contributed by atoms with van der Waals surface area (Å²) in [7, 11) is 0. The highest BCUT2D eigenvalue weighted by Crippen LogP contribution is 2.35. The lowest BCUT2D eigenvalue weighted by Gasteiger charge is -2.34. The number of hydrogen-bond donors (Lipinski definition) is 1. The van der Waals surface area contributed by atoms with E-state index in [1.165, 1.54) is 16.0 Å². The van der Waals surface area contributed by atoms with E-state index in [1.54, 1.807) is 0 Å². The van der Waals surface area contributed by atoms with Gasteiger partial charge in [0.15, 0.2) is 0 Å². The van der Waals surface area contributed by atoms with E-state index in [1.807, 2.05) is 11.3 Å². The second-order valence-electron chi connectivity index (χ2n) is 6.77. The topological polar surface area (TPSA) is 32.3 Å². The Bertz CT molecular complexity index is 727. The number of amides is 1. The Labute approximate surface area is 148 Å². The summed E-state index contributed by atoms with van der Waals surface area (Å²) in [6.07, 6.45) is 2.10. The Hall–Kier alpha value is -1.65. The van der Waals surface area contributed by atoms with Gasteiger partial charge in [-0.05, 0) is 61.7 Å². The van der Waals surface area contributed by atoms with E-state index >= 15 is 0 Å². The minimum atomic E-state index is 0.0854. The van der Waals surface area contributed by atoms with Crippen LogP contribution in [0.4, 0.5) is 5.69 Å². The van der Waals surface area contributed by atoms with Gasteiger partial charge in [-0.25, -0.2) is 0 Å². The molecule has 0 aliphatic carbocycles. The fraction of sp³-hybridized carbons (Fsp3) is 0.450. The minimum absolute atomic E-state index is 0.0854. The van der Waals surface area contributed by atoms with Crippen LogP contribution in [0.5, 0.6) is 0 Å². The quantitative estimate of drug-likeness (QED) is 0.879. The molecule has 3 rings (SSSR count). The van der Waals surface area contributed by atoms with Crippen molar-refractivity contribution in [1.82, 2.24) is 4.90 Å². The molecule has 1 aromatic heterocycles. The molecule has 0 saturated carbocycles. The SMILES string of the molecule is CCC1c2ccsc2CCN1CC(=O)Nc1c(C)cc(C)cc1C. The summed E-state index contributed by atoms with van der Waals surface area (Å²) in [6.45, 7) is 9.83. The van der Waals surface area contributed by atoms with Crippen molar-refractivity contribution >= 4 is 22.9 Å². The number of rotatable bonds is 4. The molecule has 1 aliphatic rings. The number of thiophene rings is 1. The molecule has 1 unspecified atom stereocenters.